The Morgan fingerprint density at radius 3 is 2.75 bits per heavy atom. The van der Waals surface area contributed by atoms with Crippen LogP contribution >= 0.6 is 0 Å². The van der Waals surface area contributed by atoms with Crippen LogP contribution in [0, 0.1) is 0 Å². The lowest BCUT2D eigenvalue weighted by Crippen LogP contribution is -2.44. The summed E-state index contributed by atoms with van der Waals surface area (Å²) in [7, 11) is -5.15. The summed E-state index contributed by atoms with van der Waals surface area (Å²) in [5.74, 6) is -0.766. The van der Waals surface area contributed by atoms with Crippen LogP contribution in [0.4, 0.5) is 3.89 Å². The molecule has 1 fully saturated rings. The molecule has 0 bridgehead atoms. The van der Waals surface area contributed by atoms with Crippen molar-refractivity contribution in [2.45, 2.75) is 19.4 Å². The molecule has 2 rings (SSSR count). The van der Waals surface area contributed by atoms with E-state index in [-0.39, 0.29) is 18.0 Å². The van der Waals surface area contributed by atoms with Crippen molar-refractivity contribution in [2.24, 2.45) is 0 Å². The van der Waals surface area contributed by atoms with Crippen LogP contribution in [0.15, 0.2) is 18.5 Å². The molecule has 2 heterocycles. The number of nitrogens with zero attached hydrogens (tertiary/aromatic N) is 2. The molecule has 1 aromatic heterocycles. The predicted octanol–water partition coefficient (Wildman–Crippen LogP) is 0.883. The molecule has 0 atom stereocenters. The molecular formula is C11H13FN2O5S. The number of halogens is 1. The Labute approximate surface area is 115 Å². The van der Waals surface area contributed by atoms with Crippen molar-refractivity contribution in [3.8, 4) is 5.75 Å². The lowest BCUT2D eigenvalue weighted by Gasteiger charge is -2.29. The summed E-state index contributed by atoms with van der Waals surface area (Å²) in [5, 5.41) is 0. The van der Waals surface area contributed by atoms with E-state index in [9.17, 15) is 17.1 Å². The van der Waals surface area contributed by atoms with E-state index < -0.39 is 22.0 Å². The molecule has 110 valence electrons. The Hall–Kier alpha value is -1.74. The summed E-state index contributed by atoms with van der Waals surface area (Å²) in [4.78, 5) is 17.4. The number of hydrogen-bond donors (Lipinski definition) is 0. The van der Waals surface area contributed by atoms with Crippen LogP contribution in [0.1, 0.15) is 24.2 Å². The zero-order valence-corrected chi connectivity index (χ0v) is 11.7. The third kappa shape index (κ3) is 3.23. The summed E-state index contributed by atoms with van der Waals surface area (Å²) in [5.41, 5.74) is -0.398. The van der Waals surface area contributed by atoms with Gasteiger partial charge in [0.2, 0.25) is 0 Å². The van der Waals surface area contributed by atoms with E-state index >= 15 is 0 Å². The van der Waals surface area contributed by atoms with Crippen molar-refractivity contribution in [3.63, 3.8) is 0 Å². The lowest BCUT2D eigenvalue weighted by atomic mass is 10.1. The Kier molecular flexibility index (Phi) is 3.65. The monoisotopic (exact) mass is 304 g/mol. The fourth-order valence-corrected chi connectivity index (χ4v) is 2.15. The van der Waals surface area contributed by atoms with Crippen LogP contribution in [-0.4, -0.2) is 43.1 Å². The van der Waals surface area contributed by atoms with E-state index in [4.69, 9.17) is 4.74 Å². The van der Waals surface area contributed by atoms with Gasteiger partial charge in [0.25, 0.3) is 5.91 Å². The van der Waals surface area contributed by atoms with Crippen molar-refractivity contribution in [3.05, 3.63) is 24.0 Å². The van der Waals surface area contributed by atoms with Crippen LogP contribution in [-0.2, 0) is 15.2 Å². The molecular weight excluding hydrogens is 291 g/mol. The maximum Gasteiger partial charge on any atom is 0.488 e. The van der Waals surface area contributed by atoms with E-state index in [1.165, 1.54) is 11.1 Å². The fourth-order valence-electron chi connectivity index (χ4n) is 1.83. The quantitative estimate of drug-likeness (QED) is 0.771. The molecule has 0 aliphatic carbocycles. The largest absolute Gasteiger partial charge is 0.488 e. The molecule has 0 aromatic carbocycles. The number of carbonyl (C=O) groups excluding carboxylic acids is 1. The van der Waals surface area contributed by atoms with Gasteiger partial charge in [-0.25, -0.2) is 0 Å². The van der Waals surface area contributed by atoms with E-state index in [1.807, 2.05) is 13.8 Å². The molecule has 0 spiro atoms. The van der Waals surface area contributed by atoms with Crippen LogP contribution in [0.2, 0.25) is 0 Å². The minimum absolute atomic E-state index is 0.0877. The molecule has 20 heavy (non-hydrogen) atoms. The Morgan fingerprint density at radius 2 is 2.20 bits per heavy atom. The minimum Gasteiger partial charge on any atom is -0.359 e. The average molecular weight is 304 g/mol. The zero-order chi connectivity index (χ0) is 15.0. The molecule has 0 unspecified atom stereocenters. The van der Waals surface area contributed by atoms with Gasteiger partial charge in [-0.3, -0.25) is 9.78 Å². The molecule has 0 radical (unpaired) electrons. The van der Waals surface area contributed by atoms with Crippen molar-refractivity contribution in [1.29, 1.82) is 0 Å². The highest BCUT2D eigenvalue weighted by Crippen LogP contribution is 2.24. The van der Waals surface area contributed by atoms with E-state index in [0.29, 0.717) is 6.61 Å². The predicted molar refractivity (Wildman–Crippen MR) is 66.0 cm³/mol. The molecule has 9 heteroatoms. The van der Waals surface area contributed by atoms with Gasteiger partial charge in [-0.15, -0.1) is 0 Å². The number of hydrogen-bond acceptors (Lipinski definition) is 6. The first-order valence-corrected chi connectivity index (χ1v) is 6.99. The first kappa shape index (κ1) is 14.7. The second-order valence-corrected chi connectivity index (χ2v) is 5.86. The second-order valence-electron chi connectivity index (χ2n) is 4.91. The van der Waals surface area contributed by atoms with Crippen LogP contribution < -0.4 is 4.18 Å². The SMILES string of the molecule is CC1(C)COCN1C(=O)c1cncc(OS(=O)(=O)F)c1. The number of rotatable bonds is 3. The highest BCUT2D eigenvalue weighted by atomic mass is 32.3. The molecule has 1 saturated heterocycles. The van der Waals surface area contributed by atoms with Gasteiger partial charge in [0.1, 0.15) is 6.73 Å². The number of amides is 1. The third-order valence-electron chi connectivity index (χ3n) is 2.81. The van der Waals surface area contributed by atoms with E-state index in [2.05, 4.69) is 9.17 Å². The van der Waals surface area contributed by atoms with Crippen LogP contribution in [0.25, 0.3) is 0 Å². The van der Waals surface area contributed by atoms with Crippen LogP contribution in [0.5, 0.6) is 5.75 Å². The molecule has 1 aliphatic rings. The maximum atomic E-state index is 12.4. The number of pyridine rings is 1. The molecule has 7 nitrogen and oxygen atoms in total. The Morgan fingerprint density at radius 1 is 1.50 bits per heavy atom. The first-order valence-electron chi connectivity index (χ1n) is 5.68. The zero-order valence-electron chi connectivity index (χ0n) is 10.9. The van der Waals surface area contributed by atoms with Gasteiger partial charge < -0.3 is 13.8 Å². The number of aromatic nitrogens is 1. The molecule has 1 amide bonds. The van der Waals surface area contributed by atoms with Crippen LogP contribution in [0.3, 0.4) is 0 Å². The normalized spacial score (nSPS) is 18.1. The topological polar surface area (TPSA) is 85.8 Å². The molecule has 0 saturated carbocycles. The summed E-state index contributed by atoms with van der Waals surface area (Å²) in [6, 6.07) is 1.11. The second kappa shape index (κ2) is 4.98. The Balaban J connectivity index is 2.25. The number of carbonyl (C=O) groups is 1. The third-order valence-corrected chi connectivity index (χ3v) is 3.20. The fraction of sp³-hybridized carbons (Fsp3) is 0.455. The van der Waals surface area contributed by atoms with Gasteiger partial charge in [-0.1, -0.05) is 3.89 Å². The van der Waals surface area contributed by atoms with Crippen molar-refractivity contribution >= 4 is 16.4 Å². The van der Waals surface area contributed by atoms with Gasteiger partial charge in [0.15, 0.2) is 5.75 Å². The summed E-state index contributed by atoms with van der Waals surface area (Å²) < 4.78 is 42.5. The van der Waals surface area contributed by atoms with E-state index in [0.717, 1.165) is 12.3 Å². The highest BCUT2D eigenvalue weighted by Gasteiger charge is 2.37. The maximum absolute atomic E-state index is 12.4. The summed E-state index contributed by atoms with van der Waals surface area (Å²) in [6.07, 6.45) is 2.24. The molecule has 0 N–H and O–H groups in total. The lowest BCUT2D eigenvalue weighted by molar-refractivity contribution is 0.0604. The summed E-state index contributed by atoms with van der Waals surface area (Å²) in [6.45, 7) is 4.18. The van der Waals surface area contributed by atoms with Gasteiger partial charge in [0, 0.05) is 6.20 Å². The molecule has 1 aliphatic heterocycles. The summed E-state index contributed by atoms with van der Waals surface area (Å²) >= 11 is 0. The molecule has 1 aromatic rings. The smallest absolute Gasteiger partial charge is 0.359 e. The average Bonchev–Trinajstić information content (AvgIpc) is 2.66. The number of ether oxygens (including phenoxy) is 1. The van der Waals surface area contributed by atoms with Crippen molar-refractivity contribution in [1.82, 2.24) is 9.88 Å². The Bertz CT molecular complexity index is 631. The highest BCUT2D eigenvalue weighted by molar-refractivity contribution is 7.81. The van der Waals surface area contributed by atoms with Gasteiger partial charge in [0.05, 0.1) is 23.9 Å². The van der Waals surface area contributed by atoms with Crippen molar-refractivity contribution in [2.75, 3.05) is 13.3 Å². The minimum atomic E-state index is -5.15. The van der Waals surface area contributed by atoms with Gasteiger partial charge in [-0.05, 0) is 19.9 Å². The first-order chi connectivity index (χ1) is 9.19. The standard InChI is InChI=1S/C11H13FN2O5S/c1-11(2)6-18-7-14(11)10(15)8-3-9(5-13-4-8)19-20(12,16)17/h3-5H,6-7H2,1-2H3. The van der Waals surface area contributed by atoms with Gasteiger partial charge in [-0.2, -0.15) is 8.42 Å². The van der Waals surface area contributed by atoms with E-state index in [1.54, 1.807) is 0 Å². The van der Waals surface area contributed by atoms with Crippen molar-refractivity contribution < 1.29 is 26.0 Å². The van der Waals surface area contributed by atoms with Gasteiger partial charge >= 0.3 is 10.5 Å².